The number of methoxy groups -OCH3 is 1. The largest absolute Gasteiger partial charge is 0.465 e. The molecule has 0 bridgehead atoms. The van der Waals surface area contributed by atoms with Crippen LogP contribution in [0.2, 0.25) is 0 Å². The van der Waals surface area contributed by atoms with Crippen molar-refractivity contribution in [2.75, 3.05) is 12.4 Å². The molecule has 0 saturated carbocycles. The number of esters is 1. The van der Waals surface area contributed by atoms with E-state index in [9.17, 15) is 9.59 Å². The van der Waals surface area contributed by atoms with Crippen molar-refractivity contribution in [2.45, 2.75) is 6.92 Å². The molecule has 1 N–H and O–H groups in total. The summed E-state index contributed by atoms with van der Waals surface area (Å²) >= 11 is 1.50. The molecule has 0 unspecified atom stereocenters. The maximum absolute atomic E-state index is 12.1. The molecule has 0 aliphatic carbocycles. The lowest BCUT2D eigenvalue weighted by Crippen LogP contribution is -2.13. The zero-order chi connectivity index (χ0) is 16.8. The fourth-order valence-electron chi connectivity index (χ4n) is 1.83. The van der Waals surface area contributed by atoms with E-state index in [0.717, 1.165) is 9.75 Å². The lowest BCUT2D eigenvalue weighted by atomic mass is 10.2. The molecular weight excluding hydrogens is 312 g/mol. The highest BCUT2D eigenvalue weighted by Crippen LogP contribution is 2.19. The summed E-state index contributed by atoms with van der Waals surface area (Å²) in [6.07, 6.45) is 1.55. The van der Waals surface area contributed by atoms with Crippen LogP contribution in [0.1, 0.15) is 20.1 Å². The third-order valence-corrected chi connectivity index (χ3v) is 3.92. The topological polar surface area (TPSA) is 79.2 Å². The Morgan fingerprint density at radius 1 is 1.22 bits per heavy atom. The Morgan fingerprint density at radius 2 is 1.91 bits per heavy atom. The third kappa shape index (κ3) is 4.28. The van der Waals surface area contributed by atoms with Gasteiger partial charge in [-0.3, -0.25) is 4.79 Å². The van der Waals surface area contributed by atoms with Crippen LogP contribution in [0.15, 0.2) is 42.0 Å². The van der Waals surface area contributed by atoms with Gasteiger partial charge in [0.15, 0.2) is 0 Å². The van der Waals surface area contributed by atoms with Gasteiger partial charge in [0.1, 0.15) is 11.6 Å². The smallest absolute Gasteiger partial charge is 0.337 e. The van der Waals surface area contributed by atoms with Crippen LogP contribution in [0.3, 0.4) is 0 Å². The predicted octanol–water partition coefficient (Wildman–Crippen LogP) is 3.39. The van der Waals surface area contributed by atoms with E-state index in [1.165, 1.54) is 18.4 Å². The molecule has 1 amide bonds. The van der Waals surface area contributed by atoms with E-state index < -0.39 is 11.9 Å². The molecule has 6 heteroatoms. The van der Waals surface area contributed by atoms with E-state index in [1.807, 2.05) is 25.1 Å². The van der Waals surface area contributed by atoms with Gasteiger partial charge in [-0.15, -0.1) is 11.3 Å². The Balaban J connectivity index is 2.12. The minimum Gasteiger partial charge on any atom is -0.465 e. The Labute approximate surface area is 137 Å². The molecule has 5 nitrogen and oxygen atoms in total. The van der Waals surface area contributed by atoms with Gasteiger partial charge in [0, 0.05) is 15.4 Å². The van der Waals surface area contributed by atoms with E-state index in [1.54, 1.807) is 30.3 Å². The van der Waals surface area contributed by atoms with Gasteiger partial charge in [-0.25, -0.2) is 4.79 Å². The molecule has 1 heterocycles. The molecule has 0 radical (unpaired) electrons. The minimum absolute atomic E-state index is 0.0175. The second kappa shape index (κ2) is 7.38. The molecule has 1 aromatic carbocycles. The second-order valence-corrected chi connectivity index (χ2v) is 5.96. The highest BCUT2D eigenvalue weighted by atomic mass is 32.1. The molecule has 116 valence electrons. The molecule has 0 aliphatic rings. The predicted molar refractivity (Wildman–Crippen MR) is 89.1 cm³/mol. The maximum atomic E-state index is 12.1. The van der Waals surface area contributed by atoms with Crippen LogP contribution in [0.4, 0.5) is 5.69 Å². The van der Waals surface area contributed by atoms with Gasteiger partial charge in [-0.2, -0.15) is 5.26 Å². The maximum Gasteiger partial charge on any atom is 0.337 e. The fourth-order valence-corrected chi connectivity index (χ4v) is 2.65. The average molecular weight is 326 g/mol. The first-order valence-electron chi connectivity index (χ1n) is 6.71. The number of rotatable bonds is 4. The summed E-state index contributed by atoms with van der Waals surface area (Å²) in [5, 5.41) is 11.8. The summed E-state index contributed by atoms with van der Waals surface area (Å²) in [6.45, 7) is 1.96. The fraction of sp³-hybridized carbons (Fsp3) is 0.118. The van der Waals surface area contributed by atoms with Gasteiger partial charge < -0.3 is 10.1 Å². The summed E-state index contributed by atoms with van der Waals surface area (Å²) in [5.74, 6) is -0.946. The summed E-state index contributed by atoms with van der Waals surface area (Å²) < 4.78 is 4.60. The summed E-state index contributed by atoms with van der Waals surface area (Å²) in [5.41, 5.74) is 0.894. The van der Waals surface area contributed by atoms with Crippen molar-refractivity contribution in [3.05, 3.63) is 57.3 Å². The quantitative estimate of drug-likeness (QED) is 0.530. The first-order valence-corrected chi connectivity index (χ1v) is 7.53. The highest BCUT2D eigenvalue weighted by Gasteiger charge is 2.11. The number of benzene rings is 1. The lowest BCUT2D eigenvalue weighted by molar-refractivity contribution is -0.112. The van der Waals surface area contributed by atoms with Crippen LogP contribution in [0, 0.1) is 18.3 Å². The zero-order valence-corrected chi connectivity index (χ0v) is 13.4. The SMILES string of the molecule is COC(=O)c1ccc(NC(=O)/C(C#N)=C/c2ccc(C)s2)cc1. The number of aryl methyl sites for hydroxylation is 1. The van der Waals surface area contributed by atoms with Crippen LogP contribution in [0.25, 0.3) is 6.08 Å². The van der Waals surface area contributed by atoms with Crippen LogP contribution >= 0.6 is 11.3 Å². The molecule has 2 rings (SSSR count). The summed E-state index contributed by atoms with van der Waals surface area (Å²) in [6, 6.07) is 11.9. The van der Waals surface area contributed by atoms with Gasteiger partial charge >= 0.3 is 5.97 Å². The molecule has 23 heavy (non-hydrogen) atoms. The molecule has 0 aliphatic heterocycles. The number of nitriles is 1. The number of ether oxygens (including phenoxy) is 1. The Bertz CT molecular complexity index is 798. The van der Waals surface area contributed by atoms with E-state index in [4.69, 9.17) is 5.26 Å². The van der Waals surface area contributed by atoms with Gasteiger partial charge in [0.2, 0.25) is 0 Å². The summed E-state index contributed by atoms with van der Waals surface area (Å²) in [4.78, 5) is 25.4. The number of hydrogen-bond donors (Lipinski definition) is 1. The van der Waals surface area contributed by atoms with Crippen molar-refractivity contribution in [3.63, 3.8) is 0 Å². The van der Waals surface area contributed by atoms with Crippen molar-refractivity contribution in [3.8, 4) is 6.07 Å². The Kier molecular flexibility index (Phi) is 5.28. The van der Waals surface area contributed by atoms with Gasteiger partial charge in [0.25, 0.3) is 5.91 Å². The second-order valence-electron chi connectivity index (χ2n) is 4.64. The molecule has 1 aromatic heterocycles. The number of carbonyl (C=O) groups is 2. The van der Waals surface area contributed by atoms with Gasteiger partial charge in [-0.05, 0) is 49.4 Å². The summed E-state index contributed by atoms with van der Waals surface area (Å²) in [7, 11) is 1.30. The van der Waals surface area contributed by atoms with Gasteiger partial charge in [-0.1, -0.05) is 0 Å². The standard InChI is InChI=1S/C17H14N2O3S/c1-11-3-8-15(23-11)9-13(10-18)16(20)19-14-6-4-12(5-7-14)17(21)22-2/h3-9H,1-2H3,(H,19,20)/b13-9+. The molecule has 0 fully saturated rings. The van der Waals surface area contributed by atoms with Gasteiger partial charge in [0.05, 0.1) is 12.7 Å². The molecule has 0 spiro atoms. The van der Waals surface area contributed by atoms with Crippen molar-refractivity contribution >= 4 is 35.0 Å². The number of nitrogens with one attached hydrogen (secondary N) is 1. The van der Waals surface area contributed by atoms with Crippen molar-refractivity contribution < 1.29 is 14.3 Å². The number of thiophene rings is 1. The molecule has 2 aromatic rings. The van der Waals surface area contributed by atoms with Crippen LogP contribution in [0.5, 0.6) is 0 Å². The van der Waals surface area contributed by atoms with E-state index in [0.29, 0.717) is 11.3 Å². The first kappa shape index (κ1) is 16.5. The van der Waals surface area contributed by atoms with Crippen molar-refractivity contribution in [2.24, 2.45) is 0 Å². The number of anilines is 1. The van der Waals surface area contributed by atoms with E-state index >= 15 is 0 Å². The minimum atomic E-state index is -0.496. The van der Waals surface area contributed by atoms with Crippen molar-refractivity contribution in [1.82, 2.24) is 0 Å². The van der Waals surface area contributed by atoms with E-state index in [-0.39, 0.29) is 5.57 Å². The number of amides is 1. The number of nitrogens with zero attached hydrogens (tertiary/aromatic N) is 1. The Hall–Kier alpha value is -2.91. The van der Waals surface area contributed by atoms with Crippen LogP contribution in [-0.4, -0.2) is 19.0 Å². The average Bonchev–Trinajstić information content (AvgIpc) is 2.97. The van der Waals surface area contributed by atoms with Crippen LogP contribution < -0.4 is 5.32 Å². The normalized spacial score (nSPS) is 10.7. The molecule has 0 atom stereocenters. The van der Waals surface area contributed by atoms with Crippen molar-refractivity contribution in [1.29, 1.82) is 5.26 Å². The molecule has 0 saturated heterocycles. The number of hydrogen-bond acceptors (Lipinski definition) is 5. The highest BCUT2D eigenvalue weighted by molar-refractivity contribution is 7.12. The Morgan fingerprint density at radius 3 is 2.43 bits per heavy atom. The third-order valence-electron chi connectivity index (χ3n) is 2.98. The number of carbonyl (C=O) groups excluding carboxylic acids is 2. The zero-order valence-electron chi connectivity index (χ0n) is 12.6. The van der Waals surface area contributed by atoms with E-state index in [2.05, 4.69) is 10.1 Å². The van der Waals surface area contributed by atoms with Crippen LogP contribution in [-0.2, 0) is 9.53 Å². The first-order chi connectivity index (χ1) is 11.0. The lowest BCUT2D eigenvalue weighted by Gasteiger charge is -2.05. The monoisotopic (exact) mass is 326 g/mol. The molecular formula is C17H14N2O3S.